The molecule has 0 saturated carbocycles. The van der Waals surface area contributed by atoms with Crippen LogP contribution < -0.4 is 0 Å². The van der Waals surface area contributed by atoms with E-state index in [1.807, 2.05) is 0 Å². The van der Waals surface area contributed by atoms with Gasteiger partial charge in [-0.15, -0.1) is 0 Å². The van der Waals surface area contributed by atoms with E-state index in [4.69, 9.17) is 9.47 Å². The van der Waals surface area contributed by atoms with Gasteiger partial charge in [-0.05, 0) is 37.1 Å². The summed E-state index contributed by atoms with van der Waals surface area (Å²) >= 11 is 3.26. The van der Waals surface area contributed by atoms with E-state index < -0.39 is 21.2 Å². The van der Waals surface area contributed by atoms with Crippen LogP contribution in [0.5, 0.6) is 0 Å². The number of ether oxygens (including phenoxy) is 2. The maximum atomic E-state index is 12.1. The Morgan fingerprint density at radius 2 is 1.90 bits per heavy atom. The quantitative estimate of drug-likeness (QED) is 0.792. The Kier molecular flexibility index (Phi) is 5.38. The number of rotatable bonds is 5. The molecule has 1 fully saturated rings. The van der Waals surface area contributed by atoms with E-state index in [1.165, 1.54) is 12.1 Å². The minimum atomic E-state index is -3.50. The maximum absolute atomic E-state index is 12.1. The van der Waals surface area contributed by atoms with Crippen LogP contribution in [-0.2, 0) is 19.3 Å². The van der Waals surface area contributed by atoms with Crippen LogP contribution in [0.2, 0.25) is 0 Å². The van der Waals surface area contributed by atoms with E-state index in [9.17, 15) is 13.7 Å². The second kappa shape index (κ2) is 6.88. The summed E-state index contributed by atoms with van der Waals surface area (Å²) in [6.07, 6.45) is 1.14. The number of hydrogen-bond acceptors (Lipinski definition) is 5. The molecular formula is C14H16BrNO4S. The van der Waals surface area contributed by atoms with E-state index >= 15 is 0 Å². The number of sulfone groups is 1. The number of hydrogen-bond donors (Lipinski definition) is 0. The van der Waals surface area contributed by atoms with Crippen molar-refractivity contribution < 1.29 is 17.9 Å². The second-order valence-electron chi connectivity index (χ2n) is 5.04. The van der Waals surface area contributed by atoms with E-state index in [0.29, 0.717) is 26.1 Å². The average molecular weight is 374 g/mol. The summed E-state index contributed by atoms with van der Waals surface area (Å²) in [5.41, 5.74) is -0.631. The summed E-state index contributed by atoms with van der Waals surface area (Å²) < 4.78 is 35.6. The summed E-state index contributed by atoms with van der Waals surface area (Å²) in [6.45, 7) is 1.13. The molecule has 1 aromatic rings. The lowest BCUT2D eigenvalue weighted by atomic mass is 9.83. The summed E-state index contributed by atoms with van der Waals surface area (Å²) in [5.74, 6) is -0.418. The molecule has 2 rings (SSSR count). The molecule has 0 atom stereocenters. The van der Waals surface area contributed by atoms with Crippen molar-refractivity contribution in [3.63, 3.8) is 0 Å². The van der Waals surface area contributed by atoms with E-state index in [2.05, 4.69) is 22.0 Å². The lowest BCUT2D eigenvalue weighted by Crippen LogP contribution is -2.33. The van der Waals surface area contributed by atoms with Gasteiger partial charge in [0.1, 0.15) is 0 Å². The smallest absolute Gasteiger partial charge is 0.202 e. The van der Waals surface area contributed by atoms with Gasteiger partial charge >= 0.3 is 0 Å². The normalized spacial score (nSPS) is 18.1. The van der Waals surface area contributed by atoms with Gasteiger partial charge in [-0.3, -0.25) is 0 Å². The van der Waals surface area contributed by atoms with Crippen molar-refractivity contribution in [2.75, 3.05) is 25.8 Å². The van der Waals surface area contributed by atoms with Crippen molar-refractivity contribution in [3.8, 4) is 6.07 Å². The van der Waals surface area contributed by atoms with Crippen molar-refractivity contribution in [1.29, 1.82) is 5.26 Å². The highest BCUT2D eigenvalue weighted by Gasteiger charge is 2.33. The lowest BCUT2D eigenvalue weighted by Gasteiger charge is -2.30. The summed E-state index contributed by atoms with van der Waals surface area (Å²) in [5, 5.41) is 9.28. The molecule has 0 unspecified atom stereocenters. The first-order valence-electron chi connectivity index (χ1n) is 6.53. The summed E-state index contributed by atoms with van der Waals surface area (Å²) in [4.78, 5) is 0.212. The third-order valence-electron chi connectivity index (χ3n) is 3.48. The van der Waals surface area contributed by atoms with Gasteiger partial charge in [0.25, 0.3) is 0 Å². The first-order valence-corrected chi connectivity index (χ1v) is 8.97. The molecule has 0 bridgehead atoms. The minimum absolute atomic E-state index is 0.114. The van der Waals surface area contributed by atoms with Crippen LogP contribution in [0.3, 0.4) is 0 Å². The monoisotopic (exact) mass is 373 g/mol. The topological polar surface area (TPSA) is 76.4 Å². The van der Waals surface area contributed by atoms with Crippen LogP contribution >= 0.6 is 15.9 Å². The van der Waals surface area contributed by atoms with Gasteiger partial charge in [0, 0.05) is 17.7 Å². The molecule has 0 aliphatic carbocycles. The van der Waals surface area contributed by atoms with Crippen LogP contribution in [0.25, 0.3) is 0 Å². The Bertz CT molecular complexity index is 615. The molecule has 1 heterocycles. The highest BCUT2D eigenvalue weighted by molar-refractivity contribution is 9.10. The summed E-state index contributed by atoms with van der Waals surface area (Å²) in [7, 11) is -3.50. The van der Waals surface area contributed by atoms with Gasteiger partial charge < -0.3 is 9.47 Å². The lowest BCUT2D eigenvalue weighted by molar-refractivity contribution is -0.00192. The van der Waals surface area contributed by atoms with Crippen LogP contribution in [0.15, 0.2) is 33.6 Å². The zero-order valence-corrected chi connectivity index (χ0v) is 13.8. The predicted octanol–water partition coefficient (Wildman–Crippen LogP) is 2.52. The fourth-order valence-electron chi connectivity index (χ4n) is 2.11. The third-order valence-corrected chi connectivity index (χ3v) is 5.47. The van der Waals surface area contributed by atoms with Crippen molar-refractivity contribution in [2.45, 2.75) is 17.7 Å². The zero-order chi connectivity index (χ0) is 15.3. The predicted molar refractivity (Wildman–Crippen MR) is 80.2 cm³/mol. The number of benzene rings is 1. The average Bonchev–Trinajstić information content (AvgIpc) is 2.48. The first kappa shape index (κ1) is 16.4. The van der Waals surface area contributed by atoms with Gasteiger partial charge in [0.05, 0.1) is 23.0 Å². The highest BCUT2D eigenvalue weighted by Crippen LogP contribution is 2.30. The standard InChI is InChI=1S/C14H16BrNO4S/c15-12-1-3-13(4-2-12)21(17,18)11-20-10-14(9-16)5-7-19-8-6-14/h1-4H,5-8,10-11H2. The van der Waals surface area contributed by atoms with Crippen molar-refractivity contribution in [1.82, 2.24) is 0 Å². The minimum Gasteiger partial charge on any atom is -0.381 e. The van der Waals surface area contributed by atoms with Crippen molar-refractivity contribution in [3.05, 3.63) is 28.7 Å². The molecule has 0 aromatic heterocycles. The molecule has 7 heteroatoms. The molecule has 0 N–H and O–H groups in total. The Hall–Kier alpha value is -0.940. The molecule has 1 saturated heterocycles. The molecule has 0 spiro atoms. The van der Waals surface area contributed by atoms with Crippen LogP contribution in [0.4, 0.5) is 0 Å². The van der Waals surface area contributed by atoms with E-state index in [0.717, 1.165) is 4.47 Å². The molecule has 1 aromatic carbocycles. The number of nitriles is 1. The molecule has 0 amide bonds. The Labute approximate surface area is 132 Å². The molecular weight excluding hydrogens is 358 g/mol. The van der Waals surface area contributed by atoms with Crippen molar-refractivity contribution >= 4 is 25.8 Å². The van der Waals surface area contributed by atoms with Crippen LogP contribution in [0, 0.1) is 16.7 Å². The third kappa shape index (κ3) is 4.27. The second-order valence-corrected chi connectivity index (χ2v) is 7.89. The Morgan fingerprint density at radius 1 is 1.29 bits per heavy atom. The Balaban J connectivity index is 1.96. The number of nitrogens with zero attached hydrogens (tertiary/aromatic N) is 1. The SMILES string of the molecule is N#CC1(COCS(=O)(=O)c2ccc(Br)cc2)CCOCC1. The van der Waals surface area contributed by atoms with Gasteiger partial charge in [0.15, 0.2) is 5.94 Å². The van der Waals surface area contributed by atoms with E-state index in [1.54, 1.807) is 12.1 Å². The fraction of sp³-hybridized carbons (Fsp3) is 0.500. The fourth-order valence-corrected chi connectivity index (χ4v) is 3.36. The molecule has 1 aliphatic heterocycles. The Morgan fingerprint density at radius 3 is 2.48 bits per heavy atom. The highest BCUT2D eigenvalue weighted by atomic mass is 79.9. The van der Waals surface area contributed by atoms with Gasteiger partial charge in [0.2, 0.25) is 9.84 Å². The maximum Gasteiger partial charge on any atom is 0.202 e. The molecule has 21 heavy (non-hydrogen) atoms. The zero-order valence-electron chi connectivity index (χ0n) is 11.4. The molecule has 0 radical (unpaired) electrons. The van der Waals surface area contributed by atoms with Crippen LogP contribution in [-0.4, -0.2) is 34.2 Å². The molecule has 5 nitrogen and oxygen atoms in total. The van der Waals surface area contributed by atoms with Crippen molar-refractivity contribution in [2.24, 2.45) is 5.41 Å². The summed E-state index contributed by atoms with van der Waals surface area (Å²) in [6, 6.07) is 8.63. The molecule has 1 aliphatic rings. The van der Waals surface area contributed by atoms with Gasteiger partial charge in [-0.25, -0.2) is 8.42 Å². The van der Waals surface area contributed by atoms with Gasteiger partial charge in [-0.2, -0.15) is 5.26 Å². The first-order chi connectivity index (χ1) is 9.97. The number of halogens is 1. The van der Waals surface area contributed by atoms with Gasteiger partial charge in [-0.1, -0.05) is 15.9 Å². The molecule has 114 valence electrons. The van der Waals surface area contributed by atoms with E-state index in [-0.39, 0.29) is 11.5 Å². The van der Waals surface area contributed by atoms with Crippen LogP contribution in [0.1, 0.15) is 12.8 Å². The largest absolute Gasteiger partial charge is 0.381 e.